The van der Waals surface area contributed by atoms with Crippen LogP contribution in [0.2, 0.25) is 0 Å². The first kappa shape index (κ1) is 25.4. The van der Waals surface area contributed by atoms with E-state index in [0.29, 0.717) is 39.8 Å². The molecule has 0 N–H and O–H groups in total. The van der Waals surface area contributed by atoms with Crippen molar-refractivity contribution >= 4 is 46.0 Å². The number of thioether (sulfide) groups is 1. The average Bonchev–Trinajstić information content (AvgIpc) is 2.80. The van der Waals surface area contributed by atoms with Gasteiger partial charge in [-0.15, -0.1) is 0 Å². The molecule has 1 saturated carbocycles. The molecule has 1 aliphatic carbocycles. The number of hydrogen-bond donors (Lipinski definition) is 0. The predicted molar refractivity (Wildman–Crippen MR) is 141 cm³/mol. The van der Waals surface area contributed by atoms with Crippen molar-refractivity contribution in [1.29, 1.82) is 0 Å². The van der Waals surface area contributed by atoms with Crippen molar-refractivity contribution in [3.05, 3.63) is 46.4 Å². The lowest BCUT2D eigenvalue weighted by molar-refractivity contribution is -0.104. The molecule has 0 saturated heterocycles. The smallest absolute Gasteiger partial charge is 0.414 e. The fourth-order valence-electron chi connectivity index (χ4n) is 4.93. The van der Waals surface area contributed by atoms with Crippen LogP contribution in [0.25, 0.3) is 11.0 Å². The van der Waals surface area contributed by atoms with Gasteiger partial charge in [0.15, 0.2) is 5.16 Å². The number of alkyl halides is 2. The van der Waals surface area contributed by atoms with Crippen LogP contribution in [0.5, 0.6) is 0 Å². The molecule has 1 fully saturated rings. The molecule has 196 valence electrons. The van der Waals surface area contributed by atoms with Gasteiger partial charge in [0.25, 0.3) is 11.5 Å². The topological polar surface area (TPSA) is 80.6 Å². The van der Waals surface area contributed by atoms with Gasteiger partial charge >= 0.3 is 6.09 Å². The number of halogens is 2. The molecule has 37 heavy (non-hydrogen) atoms. The van der Waals surface area contributed by atoms with Crippen LogP contribution in [-0.4, -0.2) is 51.5 Å². The van der Waals surface area contributed by atoms with Crippen LogP contribution in [0.15, 0.2) is 40.4 Å². The summed E-state index contributed by atoms with van der Waals surface area (Å²) in [5.74, 6) is -2.80. The van der Waals surface area contributed by atoms with Gasteiger partial charge in [0, 0.05) is 37.5 Å². The molecule has 0 spiro atoms. The van der Waals surface area contributed by atoms with Gasteiger partial charge in [0.1, 0.15) is 16.9 Å². The Balaban J connectivity index is 1.65. The summed E-state index contributed by atoms with van der Waals surface area (Å²) >= 11 is 1.32. The lowest BCUT2D eigenvalue weighted by Gasteiger charge is -2.40. The maximum atomic E-state index is 13.9. The van der Waals surface area contributed by atoms with E-state index < -0.39 is 42.1 Å². The van der Waals surface area contributed by atoms with Crippen LogP contribution in [-0.2, 0) is 4.74 Å². The van der Waals surface area contributed by atoms with Gasteiger partial charge in [-0.25, -0.2) is 23.5 Å². The molecule has 0 unspecified atom stereocenters. The van der Waals surface area contributed by atoms with Crippen molar-refractivity contribution in [1.82, 2.24) is 14.5 Å². The number of ether oxygens (including phenoxy) is 1. The Morgan fingerprint density at radius 1 is 1.19 bits per heavy atom. The van der Waals surface area contributed by atoms with Crippen molar-refractivity contribution in [2.24, 2.45) is 0 Å². The number of amides is 1. The van der Waals surface area contributed by atoms with E-state index in [1.807, 2.05) is 57.0 Å². The molecule has 11 heteroatoms. The maximum absolute atomic E-state index is 13.9. The molecule has 2 aromatic heterocycles. The standard InChI is InChI=1S/C26H29F2N5O3S/c1-15-7-6-8-18-20(15)32(24(35)36-25(2,3)4)10-9-31(18)19-11-16-14-29-23(37-5)30-21(16)33(22(19)34)17-12-26(27,28)13-17/h6-8,11,14,17H,9-10,12-13H2,1-5H3. The zero-order valence-corrected chi connectivity index (χ0v) is 22.2. The number of benzene rings is 1. The Hall–Kier alpha value is -3.21. The van der Waals surface area contributed by atoms with Crippen LogP contribution in [0.4, 0.5) is 30.6 Å². The minimum Gasteiger partial charge on any atom is -0.443 e. The Labute approximate surface area is 217 Å². The first-order valence-electron chi connectivity index (χ1n) is 12.1. The molecule has 0 bridgehead atoms. The van der Waals surface area contributed by atoms with E-state index in [-0.39, 0.29) is 6.54 Å². The summed E-state index contributed by atoms with van der Waals surface area (Å²) in [6.45, 7) is 7.94. The largest absolute Gasteiger partial charge is 0.443 e. The Morgan fingerprint density at radius 2 is 1.92 bits per heavy atom. The quantitative estimate of drug-likeness (QED) is 0.319. The minimum atomic E-state index is -2.80. The highest BCUT2D eigenvalue weighted by Gasteiger charge is 2.47. The third-order valence-corrected chi connectivity index (χ3v) is 7.14. The molecule has 2 aliphatic rings. The lowest BCUT2D eigenvalue weighted by atomic mass is 9.87. The highest BCUT2D eigenvalue weighted by atomic mass is 32.2. The first-order valence-corrected chi connectivity index (χ1v) is 13.3. The van der Waals surface area contributed by atoms with Gasteiger partial charge in [-0.05, 0) is 51.6 Å². The summed E-state index contributed by atoms with van der Waals surface area (Å²) in [5.41, 5.74) is 1.80. The Kier molecular flexibility index (Phi) is 6.17. The highest BCUT2D eigenvalue weighted by molar-refractivity contribution is 7.98. The van der Waals surface area contributed by atoms with Crippen LogP contribution < -0.4 is 15.4 Å². The molecule has 8 nitrogen and oxygen atoms in total. The number of hydrogen-bond acceptors (Lipinski definition) is 7. The molecule has 3 heterocycles. The summed E-state index contributed by atoms with van der Waals surface area (Å²) in [4.78, 5) is 39.3. The zero-order valence-electron chi connectivity index (χ0n) is 21.4. The average molecular weight is 530 g/mol. The van der Waals surface area contributed by atoms with E-state index in [2.05, 4.69) is 9.97 Å². The van der Waals surface area contributed by atoms with E-state index in [9.17, 15) is 18.4 Å². The minimum absolute atomic E-state index is 0.285. The fraction of sp³-hybridized carbons (Fsp3) is 0.462. The van der Waals surface area contributed by atoms with E-state index >= 15 is 0 Å². The molecular formula is C26H29F2N5O3S. The monoisotopic (exact) mass is 529 g/mol. The van der Waals surface area contributed by atoms with Gasteiger partial charge < -0.3 is 9.64 Å². The number of anilines is 3. The molecule has 1 aliphatic heterocycles. The number of aromatic nitrogens is 3. The number of rotatable bonds is 3. The first-order chi connectivity index (χ1) is 17.4. The summed E-state index contributed by atoms with van der Waals surface area (Å²) in [7, 11) is 0. The molecule has 1 amide bonds. The van der Waals surface area contributed by atoms with Crippen molar-refractivity contribution in [3.8, 4) is 0 Å². The summed E-state index contributed by atoms with van der Waals surface area (Å²) in [5, 5.41) is 1.05. The van der Waals surface area contributed by atoms with Crippen molar-refractivity contribution < 1.29 is 18.3 Å². The third-order valence-electron chi connectivity index (χ3n) is 6.58. The molecule has 1 aromatic carbocycles. The van der Waals surface area contributed by atoms with Gasteiger partial charge in [-0.1, -0.05) is 23.9 Å². The normalized spacial score (nSPS) is 17.5. The van der Waals surface area contributed by atoms with Crippen molar-refractivity contribution in [2.45, 2.75) is 63.3 Å². The zero-order chi connectivity index (χ0) is 26.7. The van der Waals surface area contributed by atoms with E-state index in [4.69, 9.17) is 4.74 Å². The van der Waals surface area contributed by atoms with Crippen LogP contribution >= 0.6 is 11.8 Å². The second-order valence-electron chi connectivity index (χ2n) is 10.5. The van der Waals surface area contributed by atoms with E-state index in [1.54, 1.807) is 17.2 Å². The third kappa shape index (κ3) is 4.65. The highest BCUT2D eigenvalue weighted by Crippen LogP contribution is 2.46. The molecular weight excluding hydrogens is 500 g/mol. The molecule has 0 atom stereocenters. The number of pyridine rings is 1. The van der Waals surface area contributed by atoms with E-state index in [0.717, 1.165) is 5.56 Å². The maximum Gasteiger partial charge on any atom is 0.414 e. The van der Waals surface area contributed by atoms with Gasteiger partial charge in [-0.2, -0.15) is 0 Å². The van der Waals surface area contributed by atoms with Gasteiger partial charge in [0.2, 0.25) is 0 Å². The number of nitrogens with zero attached hydrogens (tertiary/aromatic N) is 5. The second-order valence-corrected chi connectivity index (χ2v) is 11.3. The van der Waals surface area contributed by atoms with E-state index in [1.165, 1.54) is 16.3 Å². The molecule has 3 aromatic rings. The summed E-state index contributed by atoms with van der Waals surface area (Å²) in [6.07, 6.45) is 2.16. The lowest BCUT2D eigenvalue weighted by Crippen LogP contribution is -2.47. The predicted octanol–water partition coefficient (Wildman–Crippen LogP) is 5.69. The number of carbonyl (C=O) groups is 1. The fourth-order valence-corrected chi connectivity index (χ4v) is 5.26. The van der Waals surface area contributed by atoms with Gasteiger partial charge in [0.05, 0.1) is 17.4 Å². The van der Waals surface area contributed by atoms with Crippen LogP contribution in [0, 0.1) is 6.92 Å². The number of aryl methyl sites for hydroxylation is 1. The number of para-hydroxylation sites is 1. The second kappa shape index (κ2) is 8.97. The van der Waals surface area contributed by atoms with Crippen LogP contribution in [0.3, 0.4) is 0 Å². The summed E-state index contributed by atoms with van der Waals surface area (Å²) < 4.78 is 34.8. The van der Waals surface area contributed by atoms with Crippen molar-refractivity contribution in [3.63, 3.8) is 0 Å². The Morgan fingerprint density at radius 3 is 2.57 bits per heavy atom. The van der Waals surface area contributed by atoms with Gasteiger partial charge in [-0.3, -0.25) is 14.3 Å². The molecule has 0 radical (unpaired) electrons. The molecule has 5 rings (SSSR count). The van der Waals surface area contributed by atoms with Crippen LogP contribution in [0.1, 0.15) is 45.2 Å². The van der Waals surface area contributed by atoms with Crippen molar-refractivity contribution in [2.75, 3.05) is 29.1 Å². The SMILES string of the molecule is CSc1ncc2cc(N3CCN(C(=O)OC(C)(C)C)c4c(C)cccc43)c(=O)n(C3CC(F)(F)C3)c2n1. The Bertz CT molecular complexity index is 1440. The number of carbonyl (C=O) groups excluding carboxylic acids is 1. The number of fused-ring (bicyclic) bond motifs is 2. The summed E-state index contributed by atoms with van der Waals surface area (Å²) in [6, 6.07) is 6.66.